The number of aryl methyl sites for hydroxylation is 2. The molecule has 31 heavy (non-hydrogen) atoms. The molecule has 4 aromatic carbocycles. The van der Waals surface area contributed by atoms with Crippen LogP contribution in [0.3, 0.4) is 0 Å². The highest BCUT2D eigenvalue weighted by atomic mass is 31.1. The zero-order valence-electron chi connectivity index (χ0n) is 17.9. The van der Waals surface area contributed by atoms with Crippen LogP contribution in [0.4, 0.5) is 5.69 Å². The maximum absolute atomic E-state index is 6.31. The number of benzene rings is 4. The lowest BCUT2D eigenvalue weighted by Gasteiger charge is -2.16. The van der Waals surface area contributed by atoms with E-state index in [-0.39, 0.29) is 0 Å². The Morgan fingerprint density at radius 3 is 2.19 bits per heavy atom. The molecule has 0 heterocycles. The second-order valence-corrected chi connectivity index (χ2v) is 8.77. The van der Waals surface area contributed by atoms with Gasteiger partial charge in [0.25, 0.3) is 0 Å². The number of hydrogen-bond acceptors (Lipinski definition) is 2. The van der Waals surface area contributed by atoms with Crippen LogP contribution in [0.25, 0.3) is 0 Å². The molecule has 0 aliphatic carbocycles. The van der Waals surface area contributed by atoms with Crippen molar-refractivity contribution in [1.82, 2.24) is 0 Å². The quantitative estimate of drug-likeness (QED) is 0.254. The van der Waals surface area contributed by atoms with Crippen molar-refractivity contribution in [2.75, 3.05) is 0 Å². The van der Waals surface area contributed by atoms with Gasteiger partial charge < -0.3 is 4.74 Å². The Bertz CT molecular complexity index is 1170. The smallest absolute Gasteiger partial charge is 0.130 e. The molecule has 0 saturated carbocycles. The topological polar surface area (TPSA) is 21.6 Å². The number of aliphatic imine (C=N–C) groups is 1. The molecule has 1 atom stereocenters. The summed E-state index contributed by atoms with van der Waals surface area (Å²) in [6.45, 7) is 4.85. The van der Waals surface area contributed by atoms with Crippen LogP contribution in [0.2, 0.25) is 0 Å². The predicted octanol–water partition coefficient (Wildman–Crippen LogP) is 6.26. The second-order valence-electron chi connectivity index (χ2n) is 7.48. The van der Waals surface area contributed by atoms with E-state index >= 15 is 0 Å². The lowest BCUT2D eigenvalue weighted by Crippen LogP contribution is -2.15. The van der Waals surface area contributed by atoms with Gasteiger partial charge in [0, 0.05) is 17.1 Å². The van der Waals surface area contributed by atoms with Crippen molar-refractivity contribution in [3.8, 4) is 5.75 Å². The lowest BCUT2D eigenvalue weighted by atomic mass is 10.1. The number of hydrogen-bond donors (Lipinski definition) is 0. The van der Waals surface area contributed by atoms with Gasteiger partial charge in [0.15, 0.2) is 0 Å². The van der Waals surface area contributed by atoms with Crippen LogP contribution in [0.5, 0.6) is 5.75 Å². The summed E-state index contributed by atoms with van der Waals surface area (Å²) >= 11 is 0. The molecule has 4 rings (SSSR count). The zero-order valence-corrected chi connectivity index (χ0v) is 18.9. The highest BCUT2D eigenvalue weighted by molar-refractivity contribution is 7.56. The van der Waals surface area contributed by atoms with E-state index in [1.54, 1.807) is 0 Å². The molecule has 154 valence electrons. The summed E-state index contributed by atoms with van der Waals surface area (Å²) in [6.07, 6.45) is 1.98. The first-order valence-electron chi connectivity index (χ1n) is 10.4. The molecule has 0 radical (unpaired) electrons. The Morgan fingerprint density at radius 2 is 1.42 bits per heavy atom. The maximum atomic E-state index is 6.31. The minimum atomic E-state index is 0.488. The van der Waals surface area contributed by atoms with Crippen LogP contribution in [-0.2, 0) is 6.61 Å². The van der Waals surface area contributed by atoms with Crippen molar-refractivity contribution in [2.24, 2.45) is 4.99 Å². The Kier molecular flexibility index (Phi) is 6.92. The Hall–Kier alpha value is -3.22. The van der Waals surface area contributed by atoms with Crippen LogP contribution >= 0.6 is 8.58 Å². The van der Waals surface area contributed by atoms with E-state index < -0.39 is 0 Å². The molecule has 0 amide bonds. The molecule has 0 N–H and O–H groups in total. The van der Waals surface area contributed by atoms with Gasteiger partial charge in [-0.25, -0.2) is 0 Å². The molecule has 0 bridgehead atoms. The van der Waals surface area contributed by atoms with E-state index in [1.807, 2.05) is 54.7 Å². The fraction of sp³-hybridized carbons (Fsp3) is 0.107. The van der Waals surface area contributed by atoms with Crippen molar-refractivity contribution >= 4 is 31.1 Å². The second kappa shape index (κ2) is 10.2. The van der Waals surface area contributed by atoms with E-state index in [9.17, 15) is 0 Å². The summed E-state index contributed by atoms with van der Waals surface area (Å²) in [4.78, 5) is 4.68. The van der Waals surface area contributed by atoms with Gasteiger partial charge in [0.05, 0.1) is 5.69 Å². The largest absolute Gasteiger partial charge is 0.488 e. The van der Waals surface area contributed by atoms with Crippen LogP contribution in [0, 0.1) is 13.8 Å². The van der Waals surface area contributed by atoms with E-state index in [0.717, 1.165) is 22.6 Å². The van der Waals surface area contributed by atoms with Crippen LogP contribution in [0.15, 0.2) is 102 Å². The van der Waals surface area contributed by atoms with Gasteiger partial charge in [-0.3, -0.25) is 4.99 Å². The molecule has 0 saturated heterocycles. The molecule has 0 fully saturated rings. The van der Waals surface area contributed by atoms with E-state index in [4.69, 9.17) is 4.74 Å². The highest BCUT2D eigenvalue weighted by Gasteiger charge is 2.12. The standard InChI is InChI=1S/C28H26NOP/c1-21-11-10-18-26(27(21)30-20-23-13-5-3-6-14-23)31-28-22(2)12-9-15-24(28)19-29-25-16-7-4-8-17-25/h3-19,31H,20H2,1-2H3/b29-19+. The molecule has 3 heteroatoms. The third kappa shape index (κ3) is 5.48. The number of rotatable bonds is 7. The van der Waals surface area contributed by atoms with Crippen molar-refractivity contribution in [3.05, 3.63) is 119 Å². The predicted molar refractivity (Wildman–Crippen MR) is 134 cm³/mol. The summed E-state index contributed by atoms with van der Waals surface area (Å²) < 4.78 is 6.31. The minimum Gasteiger partial charge on any atom is -0.488 e. The first-order chi connectivity index (χ1) is 15.2. The van der Waals surface area contributed by atoms with Crippen molar-refractivity contribution in [2.45, 2.75) is 20.5 Å². The fourth-order valence-electron chi connectivity index (χ4n) is 3.43. The van der Waals surface area contributed by atoms with Crippen LogP contribution in [0.1, 0.15) is 22.3 Å². The van der Waals surface area contributed by atoms with E-state index in [2.05, 4.69) is 67.4 Å². The lowest BCUT2D eigenvalue weighted by molar-refractivity contribution is 0.307. The van der Waals surface area contributed by atoms with E-state index in [1.165, 1.54) is 21.7 Å². The molecular weight excluding hydrogens is 397 g/mol. The van der Waals surface area contributed by atoms with Crippen molar-refractivity contribution in [3.63, 3.8) is 0 Å². The molecule has 4 aromatic rings. The van der Waals surface area contributed by atoms with Gasteiger partial charge in [0.2, 0.25) is 0 Å². The molecule has 0 aliphatic heterocycles. The van der Waals surface area contributed by atoms with Gasteiger partial charge >= 0.3 is 0 Å². The average Bonchev–Trinajstić information content (AvgIpc) is 2.80. The van der Waals surface area contributed by atoms with Gasteiger partial charge in [0.1, 0.15) is 12.4 Å². The fourth-order valence-corrected chi connectivity index (χ4v) is 4.84. The van der Waals surface area contributed by atoms with Crippen molar-refractivity contribution in [1.29, 1.82) is 0 Å². The highest BCUT2D eigenvalue weighted by Crippen LogP contribution is 2.26. The summed E-state index contributed by atoms with van der Waals surface area (Å²) in [5.41, 5.74) is 5.71. The third-order valence-electron chi connectivity index (χ3n) is 5.11. The Morgan fingerprint density at radius 1 is 0.742 bits per heavy atom. The summed E-state index contributed by atoms with van der Waals surface area (Å²) in [5, 5.41) is 2.52. The monoisotopic (exact) mass is 423 g/mol. The summed E-state index contributed by atoms with van der Waals surface area (Å²) in [7, 11) is 0.488. The molecule has 2 nitrogen and oxygen atoms in total. The molecule has 0 aromatic heterocycles. The SMILES string of the molecule is Cc1cccc(Pc2c(C)cccc2/C=N/c2ccccc2)c1OCc1ccccc1. The third-order valence-corrected chi connectivity index (χ3v) is 6.71. The summed E-state index contributed by atoms with van der Waals surface area (Å²) in [6, 6.07) is 33.2. The summed E-state index contributed by atoms with van der Waals surface area (Å²) in [5.74, 6) is 0.985. The first kappa shape index (κ1) is 21.0. The number of ether oxygens (including phenoxy) is 1. The van der Waals surface area contributed by atoms with E-state index in [0.29, 0.717) is 15.2 Å². The molecule has 0 aliphatic rings. The Balaban J connectivity index is 1.62. The van der Waals surface area contributed by atoms with Gasteiger partial charge in [-0.05, 0) is 48.0 Å². The maximum Gasteiger partial charge on any atom is 0.130 e. The number of para-hydroxylation sites is 2. The Labute approximate surface area is 186 Å². The molecule has 1 unspecified atom stereocenters. The molecular formula is C28H26NOP. The minimum absolute atomic E-state index is 0.488. The average molecular weight is 423 g/mol. The first-order valence-corrected chi connectivity index (χ1v) is 11.4. The van der Waals surface area contributed by atoms with Gasteiger partial charge in [-0.15, -0.1) is 0 Å². The molecule has 0 spiro atoms. The normalized spacial score (nSPS) is 11.4. The van der Waals surface area contributed by atoms with Crippen molar-refractivity contribution < 1.29 is 4.74 Å². The van der Waals surface area contributed by atoms with Gasteiger partial charge in [-0.1, -0.05) is 93.5 Å². The zero-order chi connectivity index (χ0) is 21.5. The number of nitrogens with zero attached hydrogens (tertiary/aromatic N) is 1. The van der Waals surface area contributed by atoms with Crippen LogP contribution < -0.4 is 15.3 Å². The van der Waals surface area contributed by atoms with Crippen LogP contribution in [-0.4, -0.2) is 6.21 Å². The van der Waals surface area contributed by atoms with Gasteiger partial charge in [-0.2, -0.15) is 0 Å².